The number of oxazole rings is 1. The molecule has 2 heterocycles. The van der Waals surface area contributed by atoms with Crippen LogP contribution in [-0.2, 0) is 27.3 Å². The van der Waals surface area contributed by atoms with Gasteiger partial charge in [0.25, 0.3) is 5.91 Å². The number of carbonyl (C=O) groups is 2. The van der Waals surface area contributed by atoms with Gasteiger partial charge in [-0.25, -0.2) is 4.79 Å². The number of fused-ring (bicyclic) bond motifs is 2. The van der Waals surface area contributed by atoms with Crippen molar-refractivity contribution in [3.05, 3.63) is 58.6 Å². The zero-order valence-electron chi connectivity index (χ0n) is 16.0. The molecule has 1 aliphatic rings. The van der Waals surface area contributed by atoms with E-state index in [9.17, 15) is 14.4 Å². The third-order valence-electron chi connectivity index (χ3n) is 4.93. The Bertz CT molecular complexity index is 1130. The zero-order valence-corrected chi connectivity index (χ0v) is 16.0. The number of rotatable bonds is 5. The van der Waals surface area contributed by atoms with Crippen LogP contribution in [0.2, 0.25) is 0 Å². The predicted octanol–water partition coefficient (Wildman–Crippen LogP) is 2.16. The van der Waals surface area contributed by atoms with Gasteiger partial charge in [-0.3, -0.25) is 14.2 Å². The minimum absolute atomic E-state index is 0.00646. The summed E-state index contributed by atoms with van der Waals surface area (Å²) in [5.41, 5.74) is 3.39. The minimum atomic E-state index is -0.580. The van der Waals surface area contributed by atoms with E-state index in [4.69, 9.17) is 9.15 Å². The summed E-state index contributed by atoms with van der Waals surface area (Å²) < 4.78 is 11.4. The van der Waals surface area contributed by atoms with Gasteiger partial charge in [-0.05, 0) is 42.7 Å². The standard InChI is InChI=1S/C21H21N3O5/c1-28-13-20(26)23-10-4-5-14-8-9-15(11-17(14)23)22-19(25)12-24-16-6-2-3-7-18(16)29-21(24)27/h2-3,6-9,11H,4-5,10,12-13H2,1H3,(H,22,25). The molecule has 1 aromatic heterocycles. The maximum Gasteiger partial charge on any atom is 0.420 e. The maximum atomic E-state index is 12.5. The van der Waals surface area contributed by atoms with Crippen LogP contribution in [0.25, 0.3) is 11.1 Å². The van der Waals surface area contributed by atoms with Crippen LogP contribution in [0.4, 0.5) is 11.4 Å². The third kappa shape index (κ3) is 3.79. The number of hydrogen-bond acceptors (Lipinski definition) is 5. The summed E-state index contributed by atoms with van der Waals surface area (Å²) >= 11 is 0. The molecule has 8 nitrogen and oxygen atoms in total. The van der Waals surface area contributed by atoms with Crippen LogP contribution in [-0.4, -0.2) is 36.6 Å². The van der Waals surface area contributed by atoms with Crippen molar-refractivity contribution >= 4 is 34.3 Å². The van der Waals surface area contributed by atoms with Crippen molar-refractivity contribution in [1.82, 2.24) is 4.57 Å². The first-order chi connectivity index (χ1) is 14.1. The Morgan fingerprint density at radius 1 is 1.21 bits per heavy atom. The Kier molecular flexibility index (Phi) is 5.18. The number of nitrogens with one attached hydrogen (secondary N) is 1. The highest BCUT2D eigenvalue weighted by atomic mass is 16.5. The van der Waals surface area contributed by atoms with E-state index in [1.807, 2.05) is 6.07 Å². The number of anilines is 2. The number of ether oxygens (including phenoxy) is 1. The first-order valence-electron chi connectivity index (χ1n) is 9.37. The normalized spacial score (nSPS) is 13.3. The van der Waals surface area contributed by atoms with Crippen LogP contribution in [0.1, 0.15) is 12.0 Å². The molecular weight excluding hydrogens is 374 g/mol. The van der Waals surface area contributed by atoms with Gasteiger partial charge in [0.2, 0.25) is 5.91 Å². The number of methoxy groups -OCH3 is 1. The largest absolute Gasteiger partial charge is 0.420 e. The fourth-order valence-electron chi connectivity index (χ4n) is 3.62. The molecule has 0 fully saturated rings. The molecule has 1 N–H and O–H groups in total. The number of hydrogen-bond donors (Lipinski definition) is 1. The van der Waals surface area contributed by atoms with E-state index < -0.39 is 5.76 Å². The van der Waals surface area contributed by atoms with Crippen molar-refractivity contribution in [2.75, 3.05) is 30.5 Å². The molecule has 2 amide bonds. The highest BCUT2D eigenvalue weighted by Gasteiger charge is 2.23. The van der Waals surface area contributed by atoms with Crippen LogP contribution >= 0.6 is 0 Å². The van der Waals surface area contributed by atoms with Crippen molar-refractivity contribution in [3.8, 4) is 0 Å². The molecule has 0 saturated carbocycles. The first kappa shape index (κ1) is 18.9. The lowest BCUT2D eigenvalue weighted by Gasteiger charge is -2.29. The lowest BCUT2D eigenvalue weighted by Crippen LogP contribution is -2.37. The number of aromatic nitrogens is 1. The molecule has 3 aromatic rings. The lowest BCUT2D eigenvalue weighted by atomic mass is 10.0. The fraction of sp³-hybridized carbons (Fsp3) is 0.286. The average Bonchev–Trinajstić information content (AvgIpc) is 3.03. The van der Waals surface area contributed by atoms with Gasteiger partial charge in [-0.15, -0.1) is 0 Å². The van der Waals surface area contributed by atoms with E-state index in [2.05, 4.69) is 5.32 Å². The highest BCUT2D eigenvalue weighted by molar-refractivity contribution is 5.97. The second-order valence-corrected chi connectivity index (χ2v) is 6.90. The van der Waals surface area contributed by atoms with Gasteiger partial charge >= 0.3 is 5.76 Å². The smallest absolute Gasteiger partial charge is 0.408 e. The van der Waals surface area contributed by atoms with Gasteiger partial charge in [0.1, 0.15) is 13.2 Å². The molecule has 0 spiro atoms. The van der Waals surface area contributed by atoms with Crippen molar-refractivity contribution in [2.24, 2.45) is 0 Å². The van der Waals surface area contributed by atoms with Gasteiger partial charge in [0, 0.05) is 25.0 Å². The van der Waals surface area contributed by atoms with Crippen molar-refractivity contribution < 1.29 is 18.7 Å². The number of amides is 2. The third-order valence-corrected chi connectivity index (χ3v) is 4.93. The molecule has 4 rings (SSSR count). The molecule has 0 bridgehead atoms. The molecule has 0 radical (unpaired) electrons. The van der Waals surface area contributed by atoms with E-state index in [1.165, 1.54) is 11.7 Å². The molecule has 150 valence electrons. The average molecular weight is 395 g/mol. The summed E-state index contributed by atoms with van der Waals surface area (Å²) in [6.07, 6.45) is 1.75. The Morgan fingerprint density at radius 3 is 2.86 bits per heavy atom. The minimum Gasteiger partial charge on any atom is -0.408 e. The Hall–Kier alpha value is -3.39. The lowest BCUT2D eigenvalue weighted by molar-refractivity contribution is -0.122. The van der Waals surface area contributed by atoms with Gasteiger partial charge in [-0.2, -0.15) is 0 Å². The molecule has 1 aliphatic heterocycles. The number of aryl methyl sites for hydroxylation is 1. The summed E-state index contributed by atoms with van der Waals surface area (Å²) in [6, 6.07) is 12.5. The monoisotopic (exact) mass is 395 g/mol. The summed E-state index contributed by atoms with van der Waals surface area (Å²) in [4.78, 5) is 38.6. The number of nitrogens with zero attached hydrogens (tertiary/aromatic N) is 2. The second kappa shape index (κ2) is 7.92. The molecule has 8 heteroatoms. The number of para-hydroxylation sites is 2. The van der Waals surface area contributed by atoms with Crippen molar-refractivity contribution in [2.45, 2.75) is 19.4 Å². The number of benzene rings is 2. The van der Waals surface area contributed by atoms with E-state index >= 15 is 0 Å². The van der Waals surface area contributed by atoms with E-state index in [1.54, 1.807) is 41.3 Å². The predicted molar refractivity (Wildman–Crippen MR) is 108 cm³/mol. The molecule has 0 saturated heterocycles. The summed E-state index contributed by atoms with van der Waals surface area (Å²) in [5, 5.41) is 2.80. The van der Waals surface area contributed by atoms with Crippen LogP contribution < -0.4 is 16.0 Å². The Morgan fingerprint density at radius 2 is 2.03 bits per heavy atom. The van der Waals surface area contributed by atoms with Gasteiger partial charge in [0.15, 0.2) is 5.58 Å². The van der Waals surface area contributed by atoms with Crippen LogP contribution in [0.5, 0.6) is 0 Å². The summed E-state index contributed by atoms with van der Waals surface area (Å²) in [5.74, 6) is -1.05. The molecule has 2 aromatic carbocycles. The first-order valence-corrected chi connectivity index (χ1v) is 9.37. The van der Waals surface area contributed by atoms with Gasteiger partial charge in [0.05, 0.1) is 5.52 Å². The van der Waals surface area contributed by atoms with Gasteiger partial charge in [-0.1, -0.05) is 18.2 Å². The van der Waals surface area contributed by atoms with Crippen LogP contribution in [0.15, 0.2) is 51.7 Å². The molecule has 0 atom stereocenters. The molecular formula is C21H21N3O5. The molecule has 0 aliphatic carbocycles. The second-order valence-electron chi connectivity index (χ2n) is 6.90. The molecule has 0 unspecified atom stereocenters. The van der Waals surface area contributed by atoms with Crippen molar-refractivity contribution in [1.29, 1.82) is 0 Å². The van der Waals surface area contributed by atoms with Crippen LogP contribution in [0, 0.1) is 0 Å². The maximum absolute atomic E-state index is 12.5. The quantitative estimate of drug-likeness (QED) is 0.715. The number of carbonyl (C=O) groups excluding carboxylic acids is 2. The van der Waals surface area contributed by atoms with E-state index in [-0.39, 0.29) is 25.0 Å². The summed E-state index contributed by atoms with van der Waals surface area (Å²) in [7, 11) is 1.49. The van der Waals surface area contributed by atoms with E-state index in [0.717, 1.165) is 24.1 Å². The SMILES string of the molecule is COCC(=O)N1CCCc2ccc(NC(=O)Cn3c(=O)oc4ccccc43)cc21. The fourth-order valence-corrected chi connectivity index (χ4v) is 3.62. The molecule has 29 heavy (non-hydrogen) atoms. The van der Waals surface area contributed by atoms with Gasteiger partial charge < -0.3 is 19.4 Å². The summed E-state index contributed by atoms with van der Waals surface area (Å²) in [6.45, 7) is 0.453. The Labute approximate surface area is 166 Å². The zero-order chi connectivity index (χ0) is 20.4. The topological polar surface area (TPSA) is 93.8 Å². The Balaban J connectivity index is 1.54. The van der Waals surface area contributed by atoms with Crippen molar-refractivity contribution in [3.63, 3.8) is 0 Å². The highest BCUT2D eigenvalue weighted by Crippen LogP contribution is 2.30. The van der Waals surface area contributed by atoms with E-state index in [0.29, 0.717) is 23.3 Å². The van der Waals surface area contributed by atoms with Crippen LogP contribution in [0.3, 0.4) is 0 Å².